The van der Waals surface area contributed by atoms with E-state index in [2.05, 4.69) is 36.1 Å². The molecular formula is C18H25NO. The van der Waals surface area contributed by atoms with Gasteiger partial charge in [-0.2, -0.15) is 0 Å². The number of rotatable bonds is 4. The summed E-state index contributed by atoms with van der Waals surface area (Å²) < 4.78 is 0. The number of amides is 1. The van der Waals surface area contributed by atoms with E-state index >= 15 is 0 Å². The van der Waals surface area contributed by atoms with Crippen LogP contribution in [0.3, 0.4) is 0 Å². The lowest BCUT2D eigenvalue weighted by molar-refractivity contribution is -0.133. The first kappa shape index (κ1) is 13.7. The lowest BCUT2D eigenvalue weighted by Crippen LogP contribution is -2.39. The summed E-state index contributed by atoms with van der Waals surface area (Å²) in [7, 11) is 0. The smallest absolute Gasteiger partial charge is 0.225 e. The molecule has 1 saturated heterocycles. The van der Waals surface area contributed by atoms with Crippen molar-refractivity contribution >= 4 is 5.91 Å². The Morgan fingerprint density at radius 3 is 2.35 bits per heavy atom. The minimum atomic E-state index is 0.388. The Morgan fingerprint density at radius 1 is 1.10 bits per heavy atom. The van der Waals surface area contributed by atoms with Gasteiger partial charge in [0.05, 0.1) is 0 Å². The summed E-state index contributed by atoms with van der Waals surface area (Å²) in [6.45, 7) is 4.12. The molecule has 0 N–H and O–H groups in total. The maximum Gasteiger partial charge on any atom is 0.225 e. The first-order chi connectivity index (χ1) is 9.72. The van der Waals surface area contributed by atoms with Crippen molar-refractivity contribution < 1.29 is 4.79 Å². The highest BCUT2D eigenvalue weighted by Gasteiger charge is 2.34. The van der Waals surface area contributed by atoms with Crippen LogP contribution in [-0.2, 0) is 11.2 Å². The Bertz CT molecular complexity index is 453. The fourth-order valence-electron chi connectivity index (χ4n) is 3.16. The number of hydrogen-bond donors (Lipinski definition) is 0. The molecule has 2 heteroatoms. The molecule has 1 amide bonds. The standard InChI is InChI=1S/C18H25NO/c1-14-2-4-15(5-3-14)6-7-16-10-12-19(13-11-16)18(20)17-8-9-17/h2-5,16-17H,6-13H2,1H3. The fraction of sp³-hybridized carbons (Fsp3) is 0.611. The predicted molar refractivity (Wildman–Crippen MR) is 81.5 cm³/mol. The lowest BCUT2D eigenvalue weighted by atomic mass is 9.90. The van der Waals surface area contributed by atoms with E-state index in [1.165, 1.54) is 36.8 Å². The molecule has 0 spiro atoms. The van der Waals surface area contributed by atoms with Crippen molar-refractivity contribution in [2.45, 2.75) is 45.4 Å². The maximum absolute atomic E-state index is 12.0. The van der Waals surface area contributed by atoms with Gasteiger partial charge in [-0.25, -0.2) is 0 Å². The average Bonchev–Trinajstić information content (AvgIpc) is 3.31. The summed E-state index contributed by atoms with van der Waals surface area (Å²) in [5.41, 5.74) is 2.78. The Balaban J connectivity index is 1.42. The Morgan fingerprint density at radius 2 is 1.75 bits per heavy atom. The van der Waals surface area contributed by atoms with Gasteiger partial charge in [0.2, 0.25) is 5.91 Å². The normalized spacial score (nSPS) is 20.1. The van der Waals surface area contributed by atoms with E-state index in [9.17, 15) is 4.79 Å². The van der Waals surface area contributed by atoms with Gasteiger partial charge in [0, 0.05) is 19.0 Å². The van der Waals surface area contributed by atoms with Crippen LogP contribution in [0.4, 0.5) is 0 Å². The van der Waals surface area contributed by atoms with Gasteiger partial charge in [-0.1, -0.05) is 29.8 Å². The summed E-state index contributed by atoms with van der Waals surface area (Å²) in [5.74, 6) is 1.63. The second kappa shape index (κ2) is 5.99. The van der Waals surface area contributed by atoms with Gasteiger partial charge in [-0.05, 0) is 56.9 Å². The summed E-state index contributed by atoms with van der Waals surface area (Å²) >= 11 is 0. The summed E-state index contributed by atoms with van der Waals surface area (Å²) in [5, 5.41) is 0. The topological polar surface area (TPSA) is 20.3 Å². The van der Waals surface area contributed by atoms with Crippen molar-refractivity contribution in [1.29, 1.82) is 0 Å². The first-order valence-electron chi connectivity index (χ1n) is 8.07. The highest BCUT2D eigenvalue weighted by molar-refractivity contribution is 5.81. The van der Waals surface area contributed by atoms with Crippen LogP contribution in [0.5, 0.6) is 0 Å². The van der Waals surface area contributed by atoms with Crippen LogP contribution in [0.2, 0.25) is 0 Å². The molecule has 0 radical (unpaired) electrons. The molecular weight excluding hydrogens is 246 g/mol. The molecule has 1 saturated carbocycles. The van der Waals surface area contributed by atoms with E-state index in [4.69, 9.17) is 0 Å². The van der Waals surface area contributed by atoms with Gasteiger partial charge in [-0.3, -0.25) is 4.79 Å². The van der Waals surface area contributed by atoms with E-state index < -0.39 is 0 Å². The van der Waals surface area contributed by atoms with E-state index in [1.54, 1.807) is 0 Å². The van der Waals surface area contributed by atoms with Crippen molar-refractivity contribution in [3.05, 3.63) is 35.4 Å². The first-order valence-corrected chi connectivity index (χ1v) is 8.07. The van der Waals surface area contributed by atoms with E-state index in [0.717, 1.165) is 31.8 Å². The Hall–Kier alpha value is -1.31. The third-order valence-electron chi connectivity index (χ3n) is 4.81. The van der Waals surface area contributed by atoms with Crippen LogP contribution in [0.1, 0.15) is 43.2 Å². The van der Waals surface area contributed by atoms with Gasteiger partial charge in [0.15, 0.2) is 0 Å². The van der Waals surface area contributed by atoms with Crippen molar-refractivity contribution in [2.75, 3.05) is 13.1 Å². The zero-order valence-electron chi connectivity index (χ0n) is 12.5. The predicted octanol–water partition coefficient (Wildman–Crippen LogP) is 3.58. The van der Waals surface area contributed by atoms with Crippen LogP contribution >= 0.6 is 0 Å². The number of hydrogen-bond acceptors (Lipinski definition) is 1. The largest absolute Gasteiger partial charge is 0.342 e. The average molecular weight is 271 g/mol. The van der Waals surface area contributed by atoms with Gasteiger partial charge in [0.25, 0.3) is 0 Å². The minimum absolute atomic E-state index is 0.388. The molecule has 1 heterocycles. The zero-order valence-corrected chi connectivity index (χ0v) is 12.5. The van der Waals surface area contributed by atoms with Gasteiger partial charge in [0.1, 0.15) is 0 Å². The monoisotopic (exact) mass is 271 g/mol. The molecule has 20 heavy (non-hydrogen) atoms. The maximum atomic E-state index is 12.0. The highest BCUT2D eigenvalue weighted by Crippen LogP contribution is 2.33. The third kappa shape index (κ3) is 3.41. The van der Waals surface area contributed by atoms with Crippen LogP contribution < -0.4 is 0 Å². The van der Waals surface area contributed by atoms with Gasteiger partial charge < -0.3 is 4.90 Å². The molecule has 3 rings (SSSR count). The molecule has 2 nitrogen and oxygen atoms in total. The van der Waals surface area contributed by atoms with Crippen molar-refractivity contribution in [1.82, 2.24) is 4.90 Å². The molecule has 0 aromatic heterocycles. The molecule has 1 aliphatic heterocycles. The lowest BCUT2D eigenvalue weighted by Gasteiger charge is -2.32. The van der Waals surface area contributed by atoms with E-state index in [0.29, 0.717) is 11.8 Å². The summed E-state index contributed by atoms with van der Waals surface area (Å²) in [6, 6.07) is 8.90. The van der Waals surface area contributed by atoms with Gasteiger partial charge >= 0.3 is 0 Å². The fourth-order valence-corrected chi connectivity index (χ4v) is 3.16. The number of benzene rings is 1. The molecule has 0 bridgehead atoms. The van der Waals surface area contributed by atoms with Crippen LogP contribution in [-0.4, -0.2) is 23.9 Å². The van der Waals surface area contributed by atoms with E-state index in [-0.39, 0.29) is 0 Å². The molecule has 2 fully saturated rings. The molecule has 1 aliphatic carbocycles. The quantitative estimate of drug-likeness (QED) is 0.819. The number of likely N-dealkylation sites (tertiary alicyclic amines) is 1. The summed E-state index contributed by atoms with van der Waals surface area (Å²) in [4.78, 5) is 14.1. The van der Waals surface area contributed by atoms with Crippen molar-refractivity contribution in [3.63, 3.8) is 0 Å². The highest BCUT2D eigenvalue weighted by atomic mass is 16.2. The van der Waals surface area contributed by atoms with Gasteiger partial charge in [-0.15, -0.1) is 0 Å². The Labute approximate surface area is 122 Å². The van der Waals surface area contributed by atoms with Crippen LogP contribution in [0, 0.1) is 18.8 Å². The Kier molecular flexibility index (Phi) is 4.09. The molecule has 0 unspecified atom stereocenters. The summed E-state index contributed by atoms with van der Waals surface area (Å²) in [6.07, 6.45) is 7.11. The number of nitrogens with zero attached hydrogens (tertiary/aromatic N) is 1. The molecule has 2 aliphatic rings. The molecule has 0 atom stereocenters. The minimum Gasteiger partial charge on any atom is -0.342 e. The number of carbonyl (C=O) groups excluding carboxylic acids is 1. The van der Waals surface area contributed by atoms with Crippen molar-refractivity contribution in [3.8, 4) is 0 Å². The van der Waals surface area contributed by atoms with Crippen molar-refractivity contribution in [2.24, 2.45) is 11.8 Å². The van der Waals surface area contributed by atoms with Crippen LogP contribution in [0.15, 0.2) is 24.3 Å². The zero-order chi connectivity index (χ0) is 13.9. The van der Waals surface area contributed by atoms with E-state index in [1.807, 2.05) is 0 Å². The SMILES string of the molecule is Cc1ccc(CCC2CCN(C(=O)C3CC3)CC2)cc1. The number of carbonyl (C=O) groups is 1. The second-order valence-corrected chi connectivity index (χ2v) is 6.57. The molecule has 1 aromatic carbocycles. The number of aryl methyl sites for hydroxylation is 2. The number of piperidine rings is 1. The molecule has 108 valence electrons. The molecule has 1 aromatic rings. The third-order valence-corrected chi connectivity index (χ3v) is 4.81. The van der Waals surface area contributed by atoms with Crippen LogP contribution in [0.25, 0.3) is 0 Å². The second-order valence-electron chi connectivity index (χ2n) is 6.57.